The largest absolute Gasteiger partial charge is 0.299 e. The Labute approximate surface area is 136 Å². The number of halogens is 2. The molecule has 0 saturated heterocycles. The van der Waals surface area contributed by atoms with Gasteiger partial charge >= 0.3 is 0 Å². The topological polar surface area (TPSA) is 41.1 Å². The molecule has 0 fully saturated rings. The molecule has 1 amide bonds. The smallest absolute Gasteiger partial charge is 0.269 e. The van der Waals surface area contributed by atoms with E-state index in [0.29, 0.717) is 16.8 Å². The number of hydrogen-bond acceptors (Lipinski definition) is 2. The van der Waals surface area contributed by atoms with Gasteiger partial charge in [0.05, 0.1) is 0 Å². The number of nitrogens with one attached hydrogen (secondary N) is 2. The highest BCUT2D eigenvalue weighted by molar-refractivity contribution is 9.10. The van der Waals surface area contributed by atoms with E-state index < -0.39 is 0 Å². The third-order valence-electron chi connectivity index (χ3n) is 2.79. The molecule has 112 valence electrons. The van der Waals surface area contributed by atoms with Crippen molar-refractivity contribution >= 4 is 27.9 Å². The molecule has 0 spiro atoms. The average Bonchev–Trinajstić information content (AvgIpc) is 2.52. The van der Waals surface area contributed by atoms with Crippen LogP contribution in [-0.4, -0.2) is 5.91 Å². The summed E-state index contributed by atoms with van der Waals surface area (Å²) in [6, 6.07) is 13.4. The molecule has 2 aromatic carbocycles. The fourth-order valence-corrected chi connectivity index (χ4v) is 2.08. The highest BCUT2D eigenvalue weighted by atomic mass is 79.9. The molecule has 2 rings (SSSR count). The molecule has 0 aliphatic rings. The predicted molar refractivity (Wildman–Crippen MR) is 89.3 cm³/mol. The zero-order valence-corrected chi connectivity index (χ0v) is 13.2. The SMILES string of the molecule is C=C(C=Cc1ccccc1F)NNC(=O)c1cccc(Br)c1. The number of amides is 1. The minimum absolute atomic E-state index is 0.290. The molecule has 0 aliphatic carbocycles. The van der Waals surface area contributed by atoms with Crippen LogP contribution in [0.25, 0.3) is 6.08 Å². The number of carbonyl (C=O) groups excluding carboxylic acids is 1. The molecule has 0 unspecified atom stereocenters. The Kier molecular flexibility index (Phi) is 5.49. The zero-order chi connectivity index (χ0) is 15.9. The van der Waals surface area contributed by atoms with Crippen LogP contribution >= 0.6 is 15.9 Å². The number of carbonyl (C=O) groups is 1. The van der Waals surface area contributed by atoms with Gasteiger partial charge in [0.2, 0.25) is 0 Å². The fourth-order valence-electron chi connectivity index (χ4n) is 1.68. The lowest BCUT2D eigenvalue weighted by Gasteiger charge is -2.08. The van der Waals surface area contributed by atoms with Gasteiger partial charge in [0.1, 0.15) is 5.82 Å². The van der Waals surface area contributed by atoms with Crippen molar-refractivity contribution in [3.63, 3.8) is 0 Å². The van der Waals surface area contributed by atoms with E-state index in [-0.39, 0.29) is 11.7 Å². The molecule has 5 heteroatoms. The van der Waals surface area contributed by atoms with E-state index in [1.807, 2.05) is 6.07 Å². The van der Waals surface area contributed by atoms with Gasteiger partial charge in [-0.15, -0.1) is 0 Å². The Morgan fingerprint density at radius 1 is 1.14 bits per heavy atom. The van der Waals surface area contributed by atoms with Crippen LogP contribution < -0.4 is 10.9 Å². The van der Waals surface area contributed by atoms with Crippen molar-refractivity contribution < 1.29 is 9.18 Å². The molecule has 22 heavy (non-hydrogen) atoms. The van der Waals surface area contributed by atoms with Crippen LogP contribution in [0.4, 0.5) is 4.39 Å². The Balaban J connectivity index is 1.90. The number of benzene rings is 2. The first kappa shape index (κ1) is 16.0. The van der Waals surface area contributed by atoms with Gasteiger partial charge < -0.3 is 0 Å². The Morgan fingerprint density at radius 3 is 2.64 bits per heavy atom. The van der Waals surface area contributed by atoms with Crippen LogP contribution in [0, 0.1) is 5.82 Å². The first-order chi connectivity index (χ1) is 10.6. The molecular formula is C17H14BrFN2O. The highest BCUT2D eigenvalue weighted by Gasteiger charge is 2.04. The molecule has 0 aliphatic heterocycles. The molecule has 2 aromatic rings. The van der Waals surface area contributed by atoms with E-state index in [1.165, 1.54) is 6.07 Å². The van der Waals surface area contributed by atoms with E-state index in [0.717, 1.165) is 4.47 Å². The minimum atomic E-state index is -0.315. The normalized spacial score (nSPS) is 10.5. The van der Waals surface area contributed by atoms with E-state index in [2.05, 4.69) is 33.4 Å². The number of rotatable bonds is 5. The van der Waals surface area contributed by atoms with Gasteiger partial charge in [-0.2, -0.15) is 0 Å². The van der Waals surface area contributed by atoms with Crippen LogP contribution in [0.1, 0.15) is 15.9 Å². The van der Waals surface area contributed by atoms with Crippen molar-refractivity contribution in [2.75, 3.05) is 0 Å². The summed E-state index contributed by atoms with van der Waals surface area (Å²) in [5, 5.41) is 0. The number of hydrogen-bond donors (Lipinski definition) is 2. The highest BCUT2D eigenvalue weighted by Crippen LogP contribution is 2.11. The van der Waals surface area contributed by atoms with E-state index in [9.17, 15) is 9.18 Å². The quantitative estimate of drug-likeness (QED) is 0.623. The molecular weight excluding hydrogens is 347 g/mol. The minimum Gasteiger partial charge on any atom is -0.299 e. The van der Waals surface area contributed by atoms with Crippen molar-refractivity contribution in [3.8, 4) is 0 Å². The summed E-state index contributed by atoms with van der Waals surface area (Å²) in [5.74, 6) is -0.605. The predicted octanol–water partition coefficient (Wildman–Crippen LogP) is 4.05. The summed E-state index contributed by atoms with van der Waals surface area (Å²) in [6.45, 7) is 3.74. The van der Waals surface area contributed by atoms with E-state index in [1.54, 1.807) is 48.6 Å². The summed E-state index contributed by atoms with van der Waals surface area (Å²) >= 11 is 3.30. The third kappa shape index (κ3) is 4.56. The van der Waals surface area contributed by atoms with Crippen molar-refractivity contribution in [1.29, 1.82) is 0 Å². The summed E-state index contributed by atoms with van der Waals surface area (Å²) in [6.07, 6.45) is 3.16. The molecule has 0 radical (unpaired) electrons. The summed E-state index contributed by atoms with van der Waals surface area (Å²) in [5.41, 5.74) is 6.59. The summed E-state index contributed by atoms with van der Waals surface area (Å²) in [4.78, 5) is 11.9. The van der Waals surface area contributed by atoms with E-state index in [4.69, 9.17) is 0 Å². The molecule has 0 heterocycles. The maximum Gasteiger partial charge on any atom is 0.269 e. The molecule has 0 saturated carbocycles. The summed E-state index contributed by atoms with van der Waals surface area (Å²) < 4.78 is 14.3. The first-order valence-corrected chi connectivity index (χ1v) is 7.29. The van der Waals surface area contributed by atoms with Gasteiger partial charge in [0.15, 0.2) is 0 Å². The lowest BCUT2D eigenvalue weighted by molar-refractivity contribution is 0.0939. The van der Waals surface area contributed by atoms with Gasteiger partial charge in [-0.3, -0.25) is 15.6 Å². The molecule has 0 aromatic heterocycles. The van der Waals surface area contributed by atoms with Gasteiger partial charge in [0.25, 0.3) is 5.91 Å². The van der Waals surface area contributed by atoms with Crippen molar-refractivity contribution in [3.05, 3.63) is 88.3 Å². The van der Waals surface area contributed by atoms with Gasteiger partial charge in [-0.25, -0.2) is 4.39 Å². The lowest BCUT2D eigenvalue weighted by atomic mass is 10.2. The second kappa shape index (κ2) is 7.56. The fraction of sp³-hybridized carbons (Fsp3) is 0. The summed E-state index contributed by atoms with van der Waals surface area (Å²) in [7, 11) is 0. The van der Waals surface area contributed by atoms with E-state index >= 15 is 0 Å². The van der Waals surface area contributed by atoms with Crippen molar-refractivity contribution in [2.45, 2.75) is 0 Å². The zero-order valence-electron chi connectivity index (χ0n) is 11.6. The molecule has 0 bridgehead atoms. The number of allylic oxidation sites excluding steroid dienone is 1. The number of hydrazine groups is 1. The van der Waals surface area contributed by atoms with Gasteiger partial charge in [-0.05, 0) is 36.4 Å². The maximum atomic E-state index is 13.4. The third-order valence-corrected chi connectivity index (χ3v) is 3.29. The second-order valence-electron chi connectivity index (χ2n) is 4.47. The molecule has 2 N–H and O–H groups in total. The lowest BCUT2D eigenvalue weighted by Crippen LogP contribution is -2.35. The second-order valence-corrected chi connectivity index (χ2v) is 5.39. The van der Waals surface area contributed by atoms with Crippen molar-refractivity contribution in [1.82, 2.24) is 10.9 Å². The Morgan fingerprint density at radius 2 is 1.91 bits per heavy atom. The van der Waals surface area contributed by atoms with Gasteiger partial charge in [-0.1, -0.05) is 46.8 Å². The van der Waals surface area contributed by atoms with Gasteiger partial charge in [0, 0.05) is 21.3 Å². The first-order valence-electron chi connectivity index (χ1n) is 6.50. The monoisotopic (exact) mass is 360 g/mol. The average molecular weight is 361 g/mol. The Bertz CT molecular complexity index is 728. The molecule has 3 nitrogen and oxygen atoms in total. The van der Waals surface area contributed by atoms with Crippen LogP contribution in [0.5, 0.6) is 0 Å². The van der Waals surface area contributed by atoms with Crippen molar-refractivity contribution in [2.24, 2.45) is 0 Å². The van der Waals surface area contributed by atoms with Crippen LogP contribution in [0.2, 0.25) is 0 Å². The maximum absolute atomic E-state index is 13.4. The van der Waals surface area contributed by atoms with Crippen LogP contribution in [0.3, 0.4) is 0 Å². The van der Waals surface area contributed by atoms with Crippen LogP contribution in [0.15, 0.2) is 71.4 Å². The van der Waals surface area contributed by atoms with Crippen LogP contribution in [-0.2, 0) is 0 Å². The standard InChI is InChI=1S/C17H14BrFN2O/c1-12(9-10-13-5-2-3-8-16(13)19)20-21-17(22)14-6-4-7-15(18)11-14/h2-11,20H,1H2,(H,21,22). The molecule has 0 atom stereocenters. The Hall–Kier alpha value is -2.40.